The molecule has 35 heavy (non-hydrogen) atoms. The van der Waals surface area contributed by atoms with E-state index in [-0.39, 0.29) is 30.2 Å². The fourth-order valence-electron chi connectivity index (χ4n) is 4.52. The maximum absolute atomic E-state index is 13.2. The molecule has 0 spiro atoms. The molecular formula is C29H31NO5. The number of carboxylic acids is 1. The number of aryl methyl sites for hydroxylation is 1. The van der Waals surface area contributed by atoms with Gasteiger partial charge in [-0.25, -0.2) is 4.79 Å². The topological polar surface area (TPSA) is 76.1 Å². The maximum Gasteiger partial charge on any atom is 0.335 e. The van der Waals surface area contributed by atoms with Gasteiger partial charge < -0.3 is 19.5 Å². The van der Waals surface area contributed by atoms with E-state index in [9.17, 15) is 14.7 Å². The Labute approximate surface area is 206 Å². The Morgan fingerprint density at radius 3 is 2.54 bits per heavy atom. The number of rotatable bonds is 9. The minimum absolute atomic E-state index is 0.0881. The third-order valence-electron chi connectivity index (χ3n) is 6.27. The Morgan fingerprint density at radius 1 is 1.03 bits per heavy atom. The number of carbonyl (C=O) groups excluding carboxylic acids is 1. The summed E-state index contributed by atoms with van der Waals surface area (Å²) in [4.78, 5) is 26.4. The number of benzene rings is 3. The van der Waals surface area contributed by atoms with Crippen LogP contribution in [0, 0.1) is 6.92 Å². The first-order valence-corrected chi connectivity index (χ1v) is 12.0. The second-order valence-electron chi connectivity index (χ2n) is 8.85. The maximum atomic E-state index is 13.2. The van der Waals surface area contributed by atoms with Crippen LogP contribution in [0.1, 0.15) is 58.4 Å². The van der Waals surface area contributed by atoms with E-state index >= 15 is 0 Å². The third-order valence-corrected chi connectivity index (χ3v) is 6.27. The average Bonchev–Trinajstić information content (AvgIpc) is 2.86. The highest BCUT2D eigenvalue weighted by atomic mass is 16.5. The first kappa shape index (κ1) is 24.5. The number of carbonyl (C=O) groups is 2. The molecule has 182 valence electrons. The molecule has 0 saturated carbocycles. The summed E-state index contributed by atoms with van der Waals surface area (Å²) in [6, 6.07) is 22.5. The highest BCUT2D eigenvalue weighted by Gasteiger charge is 2.37. The standard InChI is InChI=1S/C29H31NO5/c1-3-34-25-9-5-7-23(17-25)28-26(35-19-22-6-4-8-24(16-22)29(32)33)14-15-27(31)30(28)18-21-12-10-20(2)11-13-21/h4-13,16-17,26,28H,3,14-15,18-19H2,1-2H3,(H,32,33)/t26-,28+/m0/s1. The van der Waals surface area contributed by atoms with Gasteiger partial charge in [-0.1, -0.05) is 54.1 Å². The van der Waals surface area contributed by atoms with E-state index in [2.05, 4.69) is 24.3 Å². The zero-order chi connectivity index (χ0) is 24.8. The van der Waals surface area contributed by atoms with Crippen molar-refractivity contribution in [3.63, 3.8) is 0 Å². The Morgan fingerprint density at radius 2 is 1.80 bits per heavy atom. The van der Waals surface area contributed by atoms with Gasteiger partial charge in [0, 0.05) is 13.0 Å². The summed E-state index contributed by atoms with van der Waals surface area (Å²) in [5, 5.41) is 9.31. The molecule has 0 aromatic heterocycles. The Kier molecular flexibility index (Phi) is 7.83. The Hall–Kier alpha value is -3.64. The molecule has 1 N–H and O–H groups in total. The predicted octanol–water partition coefficient (Wildman–Crippen LogP) is 5.54. The monoisotopic (exact) mass is 473 g/mol. The molecule has 1 saturated heterocycles. The zero-order valence-corrected chi connectivity index (χ0v) is 20.1. The van der Waals surface area contributed by atoms with E-state index in [1.54, 1.807) is 18.2 Å². The van der Waals surface area contributed by atoms with Gasteiger partial charge in [0.05, 0.1) is 30.9 Å². The fourth-order valence-corrected chi connectivity index (χ4v) is 4.52. The van der Waals surface area contributed by atoms with Crippen molar-refractivity contribution in [1.82, 2.24) is 4.90 Å². The van der Waals surface area contributed by atoms with Crippen LogP contribution >= 0.6 is 0 Å². The predicted molar refractivity (Wildman–Crippen MR) is 133 cm³/mol. The van der Waals surface area contributed by atoms with Crippen LogP contribution in [0.4, 0.5) is 0 Å². The Bertz CT molecular complexity index is 1170. The molecular weight excluding hydrogens is 442 g/mol. The lowest BCUT2D eigenvalue weighted by Gasteiger charge is -2.41. The lowest BCUT2D eigenvalue weighted by atomic mass is 9.91. The first-order valence-electron chi connectivity index (χ1n) is 12.0. The van der Waals surface area contributed by atoms with Crippen LogP contribution in [0.15, 0.2) is 72.8 Å². The molecule has 3 aromatic carbocycles. The average molecular weight is 474 g/mol. The summed E-state index contributed by atoms with van der Waals surface area (Å²) < 4.78 is 12.1. The van der Waals surface area contributed by atoms with Crippen LogP contribution in [0.3, 0.4) is 0 Å². The summed E-state index contributed by atoms with van der Waals surface area (Å²) in [6.45, 7) is 5.29. The number of aromatic carboxylic acids is 1. The van der Waals surface area contributed by atoms with Crippen molar-refractivity contribution >= 4 is 11.9 Å². The number of amides is 1. The smallest absolute Gasteiger partial charge is 0.335 e. The van der Waals surface area contributed by atoms with Gasteiger partial charge in [-0.2, -0.15) is 0 Å². The molecule has 1 aliphatic rings. The molecule has 0 unspecified atom stereocenters. The van der Waals surface area contributed by atoms with Gasteiger partial charge in [-0.15, -0.1) is 0 Å². The first-order chi connectivity index (χ1) is 16.9. The molecule has 4 rings (SSSR count). The summed E-state index contributed by atoms with van der Waals surface area (Å²) in [6.07, 6.45) is 0.738. The third kappa shape index (κ3) is 6.08. The van der Waals surface area contributed by atoms with Gasteiger partial charge in [0.2, 0.25) is 5.91 Å². The zero-order valence-electron chi connectivity index (χ0n) is 20.1. The molecule has 2 atom stereocenters. The fraction of sp³-hybridized carbons (Fsp3) is 0.310. The molecule has 1 amide bonds. The van der Waals surface area contributed by atoms with E-state index in [0.717, 1.165) is 22.4 Å². The number of carboxylic acid groups (broad SMARTS) is 1. The molecule has 1 aliphatic heterocycles. The molecule has 6 heteroatoms. The van der Waals surface area contributed by atoms with Crippen LogP contribution < -0.4 is 4.74 Å². The van der Waals surface area contributed by atoms with Gasteiger partial charge in [-0.05, 0) is 61.2 Å². The van der Waals surface area contributed by atoms with E-state index in [0.29, 0.717) is 26.0 Å². The van der Waals surface area contributed by atoms with Crippen molar-refractivity contribution in [2.75, 3.05) is 6.61 Å². The summed E-state index contributed by atoms with van der Waals surface area (Å²) in [7, 11) is 0. The number of likely N-dealkylation sites (tertiary alicyclic amines) is 1. The number of piperidine rings is 1. The number of hydrogen-bond donors (Lipinski definition) is 1. The second kappa shape index (κ2) is 11.2. The van der Waals surface area contributed by atoms with E-state index in [4.69, 9.17) is 9.47 Å². The largest absolute Gasteiger partial charge is 0.494 e. The molecule has 0 radical (unpaired) electrons. The molecule has 0 bridgehead atoms. The molecule has 1 fully saturated rings. The molecule has 1 heterocycles. The van der Waals surface area contributed by atoms with Crippen LogP contribution in [0.2, 0.25) is 0 Å². The normalized spacial score (nSPS) is 17.9. The van der Waals surface area contributed by atoms with E-state index in [1.165, 1.54) is 5.56 Å². The van der Waals surface area contributed by atoms with Gasteiger partial charge >= 0.3 is 5.97 Å². The van der Waals surface area contributed by atoms with Crippen molar-refractivity contribution in [2.45, 2.75) is 52.0 Å². The van der Waals surface area contributed by atoms with Crippen molar-refractivity contribution in [3.8, 4) is 5.75 Å². The quantitative estimate of drug-likeness (QED) is 0.442. The van der Waals surface area contributed by atoms with Crippen LogP contribution in [0.25, 0.3) is 0 Å². The highest BCUT2D eigenvalue weighted by molar-refractivity contribution is 5.87. The molecule has 0 aliphatic carbocycles. The highest BCUT2D eigenvalue weighted by Crippen LogP contribution is 2.37. The molecule has 3 aromatic rings. The minimum Gasteiger partial charge on any atom is -0.494 e. The summed E-state index contributed by atoms with van der Waals surface area (Å²) >= 11 is 0. The second-order valence-corrected chi connectivity index (χ2v) is 8.85. The number of nitrogens with zero attached hydrogens (tertiary/aromatic N) is 1. The van der Waals surface area contributed by atoms with Crippen LogP contribution in [0.5, 0.6) is 5.75 Å². The summed E-state index contributed by atoms with van der Waals surface area (Å²) in [5.74, 6) is -0.124. The number of ether oxygens (including phenoxy) is 2. The van der Waals surface area contributed by atoms with Gasteiger partial charge in [-0.3, -0.25) is 4.79 Å². The van der Waals surface area contributed by atoms with Crippen LogP contribution in [-0.4, -0.2) is 34.6 Å². The Balaban J connectivity index is 1.63. The van der Waals surface area contributed by atoms with Gasteiger partial charge in [0.1, 0.15) is 5.75 Å². The van der Waals surface area contributed by atoms with Crippen molar-refractivity contribution < 1.29 is 24.2 Å². The summed E-state index contributed by atoms with van der Waals surface area (Å²) in [5.41, 5.74) is 4.20. The lowest BCUT2D eigenvalue weighted by molar-refractivity contribution is -0.147. The SMILES string of the molecule is CCOc1cccc([C@@H]2[C@@H](OCc3cccc(C(=O)O)c3)CCC(=O)N2Cc2ccc(C)cc2)c1. The van der Waals surface area contributed by atoms with Crippen LogP contribution in [-0.2, 0) is 22.7 Å². The van der Waals surface area contributed by atoms with Gasteiger partial charge in [0.25, 0.3) is 0 Å². The lowest BCUT2D eigenvalue weighted by Crippen LogP contribution is -2.45. The molecule has 6 nitrogen and oxygen atoms in total. The van der Waals surface area contributed by atoms with E-state index in [1.807, 2.05) is 49.1 Å². The number of hydrogen-bond acceptors (Lipinski definition) is 4. The van der Waals surface area contributed by atoms with E-state index < -0.39 is 5.97 Å². The van der Waals surface area contributed by atoms with Gasteiger partial charge in [0.15, 0.2) is 0 Å². The van der Waals surface area contributed by atoms with Crippen molar-refractivity contribution in [3.05, 3.63) is 101 Å². The minimum atomic E-state index is -0.968. The van der Waals surface area contributed by atoms with Crippen molar-refractivity contribution in [2.24, 2.45) is 0 Å². The van der Waals surface area contributed by atoms with Crippen molar-refractivity contribution in [1.29, 1.82) is 0 Å².